The van der Waals surface area contributed by atoms with Crippen molar-refractivity contribution in [3.8, 4) is 39.7 Å². The van der Waals surface area contributed by atoms with Crippen LogP contribution in [0.25, 0.3) is 33.8 Å². The van der Waals surface area contributed by atoms with Gasteiger partial charge in [-0.2, -0.15) is 13.8 Å². The molecule has 1 aliphatic rings. The van der Waals surface area contributed by atoms with Crippen molar-refractivity contribution >= 4 is 29.1 Å². The van der Waals surface area contributed by atoms with Crippen LogP contribution in [0.5, 0.6) is 5.88 Å². The minimum Gasteiger partial charge on any atom is -0.471 e. The maximum Gasteiger partial charge on any atom is 0.346 e. The van der Waals surface area contributed by atoms with Gasteiger partial charge in [0, 0.05) is 33.7 Å². The van der Waals surface area contributed by atoms with E-state index in [9.17, 15) is 13.6 Å². The number of hydrogen-bond acceptors (Lipinski definition) is 7. The van der Waals surface area contributed by atoms with Gasteiger partial charge in [0.15, 0.2) is 0 Å². The van der Waals surface area contributed by atoms with Crippen LogP contribution in [0, 0.1) is 0 Å². The number of benzene rings is 2. The summed E-state index contributed by atoms with van der Waals surface area (Å²) in [5, 5.41) is 16.1. The van der Waals surface area contributed by atoms with Crippen LogP contribution in [0.15, 0.2) is 59.4 Å². The highest BCUT2D eigenvalue weighted by molar-refractivity contribution is 6.33. The predicted octanol–water partition coefficient (Wildman–Crippen LogP) is 6.12. The van der Waals surface area contributed by atoms with Crippen LogP contribution in [0.1, 0.15) is 31.9 Å². The first-order chi connectivity index (χ1) is 18.5. The number of amides is 1. The molecule has 0 unspecified atom stereocenters. The number of ether oxygens (including phenoxy) is 1. The number of rotatable bonds is 6. The van der Waals surface area contributed by atoms with Crippen LogP contribution in [0.4, 0.5) is 8.78 Å². The molecule has 4 aromatic rings. The van der Waals surface area contributed by atoms with Crippen molar-refractivity contribution in [1.29, 1.82) is 0 Å². The average Bonchev–Trinajstić information content (AvgIpc) is 3.43. The molecule has 1 aliphatic heterocycles. The third-order valence-corrected chi connectivity index (χ3v) is 6.86. The molecule has 0 fully saturated rings. The van der Waals surface area contributed by atoms with Crippen LogP contribution in [-0.2, 0) is 4.79 Å². The number of carbonyl (C=O) groups is 1. The second-order valence-corrected chi connectivity index (χ2v) is 10.5. The van der Waals surface area contributed by atoms with Gasteiger partial charge in [0.2, 0.25) is 18.1 Å². The molecule has 5 rings (SSSR count). The molecule has 12 heteroatoms. The number of carbonyl (C=O) groups excluding carboxylic acids is 1. The Morgan fingerprint density at radius 1 is 1.13 bits per heavy atom. The molecule has 2 aromatic carbocycles. The molecule has 8 nitrogen and oxygen atoms in total. The van der Waals surface area contributed by atoms with E-state index < -0.39 is 30.1 Å². The molecule has 0 spiro atoms. The molecule has 0 radical (unpaired) electrons. The summed E-state index contributed by atoms with van der Waals surface area (Å²) in [4.78, 5) is 21.1. The zero-order valence-electron chi connectivity index (χ0n) is 20.7. The third kappa shape index (κ3) is 5.45. The summed E-state index contributed by atoms with van der Waals surface area (Å²) in [7, 11) is 0. The van der Waals surface area contributed by atoms with E-state index in [0.717, 1.165) is 5.56 Å². The Morgan fingerprint density at radius 2 is 1.85 bits per heavy atom. The highest BCUT2D eigenvalue weighted by Gasteiger charge is 2.43. The zero-order valence-corrected chi connectivity index (χ0v) is 22.2. The number of aromatic nitrogens is 3. The minimum atomic E-state index is -3.94. The van der Waals surface area contributed by atoms with Crippen LogP contribution in [0.3, 0.4) is 0 Å². The van der Waals surface area contributed by atoms with Crippen LogP contribution >= 0.6 is 23.2 Å². The van der Waals surface area contributed by atoms with Crippen LogP contribution in [0.2, 0.25) is 10.0 Å². The Labute approximate surface area is 231 Å². The van der Waals surface area contributed by atoms with Gasteiger partial charge in [0.05, 0.1) is 16.8 Å². The van der Waals surface area contributed by atoms with Crippen molar-refractivity contribution in [2.75, 3.05) is 6.61 Å². The van der Waals surface area contributed by atoms with Crippen molar-refractivity contribution in [3.63, 3.8) is 0 Å². The normalized spacial score (nSPS) is 16.3. The fourth-order valence-corrected chi connectivity index (χ4v) is 4.81. The summed E-state index contributed by atoms with van der Waals surface area (Å²) in [5.41, 5.74) is 2.55. The Morgan fingerprint density at radius 3 is 2.49 bits per heavy atom. The molecule has 0 bridgehead atoms. The minimum absolute atomic E-state index is 0.162. The fourth-order valence-electron chi connectivity index (χ4n) is 4.41. The Balaban J connectivity index is 1.67. The van der Waals surface area contributed by atoms with Crippen LogP contribution in [-0.4, -0.2) is 44.3 Å². The lowest BCUT2D eigenvalue weighted by atomic mass is 9.88. The van der Waals surface area contributed by atoms with E-state index in [4.69, 9.17) is 42.6 Å². The van der Waals surface area contributed by atoms with Crippen molar-refractivity contribution in [2.45, 2.75) is 37.8 Å². The van der Waals surface area contributed by atoms with Crippen molar-refractivity contribution in [3.05, 3.63) is 70.5 Å². The molecular formula is C27H22Cl2F2N4O4. The topological polar surface area (TPSA) is 110 Å². The summed E-state index contributed by atoms with van der Waals surface area (Å²) < 4.78 is 38.9. The van der Waals surface area contributed by atoms with Gasteiger partial charge < -0.3 is 19.7 Å². The number of aliphatic hydroxyl groups is 1. The SMILES string of the molecule is CC1(C)C[C@@H](NC(=O)C(F)(F)CO)c2cc(-c3ccc(Cl)cc3)c(-c3ccc(-c4ncon4)cc3Cl)nc2O1. The number of nitrogens with one attached hydrogen (secondary N) is 1. The van der Waals surface area contributed by atoms with Gasteiger partial charge in [0.25, 0.3) is 5.91 Å². The van der Waals surface area contributed by atoms with Gasteiger partial charge in [-0.25, -0.2) is 4.98 Å². The van der Waals surface area contributed by atoms with Gasteiger partial charge >= 0.3 is 5.92 Å². The van der Waals surface area contributed by atoms with E-state index in [1.807, 2.05) is 0 Å². The van der Waals surface area contributed by atoms with Gasteiger partial charge in [0.1, 0.15) is 12.2 Å². The van der Waals surface area contributed by atoms with Gasteiger partial charge in [-0.1, -0.05) is 52.6 Å². The van der Waals surface area contributed by atoms with E-state index in [2.05, 4.69) is 15.5 Å². The molecule has 202 valence electrons. The van der Waals surface area contributed by atoms with E-state index in [1.54, 1.807) is 62.4 Å². The third-order valence-electron chi connectivity index (χ3n) is 6.29. The standard InChI is InChI=1S/C27H22Cl2F2N4O4/c1-26(2)11-21(33-25(37)27(30,31)12-36)19-10-18(14-3-6-16(28)7-4-14)22(34-24(19)39-26)17-8-5-15(9-20(17)29)23-32-13-38-35-23/h3-10,13,21,36H,11-12H2,1-2H3,(H,33,37)/t21-/m1/s1. The quantitative estimate of drug-likeness (QED) is 0.285. The largest absolute Gasteiger partial charge is 0.471 e. The lowest BCUT2D eigenvalue weighted by Crippen LogP contribution is -2.48. The van der Waals surface area contributed by atoms with E-state index in [1.165, 1.54) is 6.39 Å². The summed E-state index contributed by atoms with van der Waals surface area (Å²) in [5.74, 6) is -5.00. The molecule has 3 heterocycles. The second-order valence-electron chi connectivity index (χ2n) is 9.69. The highest BCUT2D eigenvalue weighted by Crippen LogP contribution is 2.45. The van der Waals surface area contributed by atoms with Gasteiger partial charge in [-0.15, -0.1) is 0 Å². The smallest absolute Gasteiger partial charge is 0.346 e. The summed E-state index contributed by atoms with van der Waals surface area (Å²) in [6.45, 7) is 1.92. The number of fused-ring (bicyclic) bond motifs is 1. The summed E-state index contributed by atoms with van der Waals surface area (Å²) >= 11 is 12.8. The summed E-state index contributed by atoms with van der Waals surface area (Å²) in [6.07, 6.45) is 1.40. The first-order valence-corrected chi connectivity index (χ1v) is 12.6. The lowest BCUT2D eigenvalue weighted by Gasteiger charge is -2.38. The van der Waals surface area contributed by atoms with Gasteiger partial charge in [-0.3, -0.25) is 4.79 Å². The molecule has 2 aromatic heterocycles. The number of alkyl halides is 2. The maximum atomic E-state index is 14.0. The monoisotopic (exact) mass is 574 g/mol. The molecular weight excluding hydrogens is 553 g/mol. The Kier molecular flexibility index (Phi) is 7.04. The fraction of sp³-hybridized carbons (Fsp3) is 0.259. The maximum absolute atomic E-state index is 14.0. The molecule has 1 amide bonds. The Hall–Kier alpha value is -3.60. The molecule has 2 N–H and O–H groups in total. The highest BCUT2D eigenvalue weighted by atomic mass is 35.5. The number of aliphatic hydroxyl groups excluding tert-OH is 1. The molecule has 0 aliphatic carbocycles. The van der Waals surface area contributed by atoms with Crippen molar-refractivity contribution < 1.29 is 27.9 Å². The lowest BCUT2D eigenvalue weighted by molar-refractivity contribution is -0.152. The molecule has 1 atom stereocenters. The molecule has 39 heavy (non-hydrogen) atoms. The number of pyridine rings is 1. The number of halogens is 4. The Bertz CT molecular complexity index is 1530. The molecule has 0 saturated carbocycles. The molecule has 0 saturated heterocycles. The van der Waals surface area contributed by atoms with Gasteiger partial charge in [-0.05, 0) is 43.7 Å². The first-order valence-electron chi connectivity index (χ1n) is 11.8. The van der Waals surface area contributed by atoms with E-state index in [0.29, 0.717) is 43.8 Å². The van der Waals surface area contributed by atoms with Crippen molar-refractivity contribution in [1.82, 2.24) is 20.4 Å². The average molecular weight is 575 g/mol. The van der Waals surface area contributed by atoms with Crippen molar-refractivity contribution in [2.24, 2.45) is 0 Å². The number of nitrogens with zero attached hydrogens (tertiary/aromatic N) is 3. The first kappa shape index (κ1) is 27.0. The predicted molar refractivity (Wildman–Crippen MR) is 141 cm³/mol. The van der Waals surface area contributed by atoms with Crippen LogP contribution < -0.4 is 10.1 Å². The number of hydrogen-bond donors (Lipinski definition) is 2. The zero-order chi connectivity index (χ0) is 27.9. The second kappa shape index (κ2) is 10.2. The summed E-state index contributed by atoms with van der Waals surface area (Å²) in [6, 6.07) is 13.1. The van der Waals surface area contributed by atoms with E-state index >= 15 is 0 Å². The van der Waals surface area contributed by atoms with E-state index in [-0.39, 0.29) is 12.3 Å².